The lowest BCUT2D eigenvalue weighted by atomic mass is 9.58. The summed E-state index contributed by atoms with van der Waals surface area (Å²) in [4.78, 5) is 194. The molecule has 1 spiro atoms. The van der Waals surface area contributed by atoms with E-state index in [4.69, 9.17) is 4.74 Å². The minimum absolute atomic E-state index is 0.0204. The van der Waals surface area contributed by atoms with Crippen molar-refractivity contribution in [2.24, 2.45) is 17.3 Å². The lowest BCUT2D eigenvalue weighted by Gasteiger charge is -2.54. The Kier molecular flexibility index (Phi) is 28.2. The van der Waals surface area contributed by atoms with Gasteiger partial charge in [0, 0.05) is 87.9 Å². The Morgan fingerprint density at radius 3 is 1.91 bits per heavy atom. The number of carbonyl (C=O) groups is 12. The second-order valence-corrected chi connectivity index (χ2v) is 31.6. The van der Waals surface area contributed by atoms with Crippen LogP contribution in [-0.4, -0.2) is 263 Å². The first-order valence-corrected chi connectivity index (χ1v) is 38.0. The zero-order chi connectivity index (χ0) is 79.8. The fraction of sp³-hybridized carbons (Fsp3) is 0.667. The van der Waals surface area contributed by atoms with Crippen molar-refractivity contribution in [1.82, 2.24) is 60.0 Å². The molecular formula is C78H111F5N12O13. The van der Waals surface area contributed by atoms with E-state index in [1.165, 1.54) is 78.7 Å². The Morgan fingerprint density at radius 1 is 0.694 bits per heavy atom. The summed E-state index contributed by atoms with van der Waals surface area (Å²) in [6.07, 6.45) is -0.119. The molecule has 2 saturated heterocycles. The number of hydrogen-bond acceptors (Lipinski definition) is 13. The fourth-order valence-electron chi connectivity index (χ4n) is 16.4. The summed E-state index contributed by atoms with van der Waals surface area (Å²) in [5, 5.41) is 8.60. The van der Waals surface area contributed by atoms with Crippen molar-refractivity contribution in [3.63, 3.8) is 0 Å². The molecule has 3 aliphatic heterocycles. The van der Waals surface area contributed by atoms with Crippen LogP contribution in [-0.2, 0) is 81.3 Å². The maximum atomic E-state index is 15.8. The molecule has 25 nitrogen and oxygen atoms in total. The fourth-order valence-corrected chi connectivity index (χ4v) is 16.4. The molecule has 0 aromatic heterocycles. The van der Waals surface area contributed by atoms with Gasteiger partial charge in [-0.15, -0.1) is 0 Å². The van der Waals surface area contributed by atoms with Gasteiger partial charge in [0.15, 0.2) is 0 Å². The lowest BCUT2D eigenvalue weighted by Crippen LogP contribution is -2.71. The number of aryl methyl sites for hydroxylation is 2. The van der Waals surface area contributed by atoms with Gasteiger partial charge >= 0.3 is 6.18 Å². The summed E-state index contributed by atoms with van der Waals surface area (Å²) in [7, 11) is 9.84. The predicted molar refractivity (Wildman–Crippen MR) is 390 cm³/mol. The number of nitrogens with zero attached hydrogens (tertiary/aromatic N) is 9. The van der Waals surface area contributed by atoms with E-state index in [2.05, 4.69) is 16.0 Å². The van der Waals surface area contributed by atoms with Crippen molar-refractivity contribution in [2.45, 2.75) is 236 Å². The SMILES string of the molecule is CCC[C@H]1C(=O)N[C@@H]([C@@H](C)CC)C(=O)N(C2CC2)CC(=O)N(C)[C@H]2C/C=C\CCN(C2=O)[C@@H](Cc2ccc(C)cc2)C(=O)N(C)CC(=O)N[C@@H](CCc2cc(F)c(C(F)(F)F)c(F)c2)C(=O)N2C[C@H](OCC)C[C@H]2C(=O)NC2(CC(C)(C)C2)C(=O)N(C)[C@@H](C2CCCC2)C(=O)N(C)[C@H](C(=O)N(C)C)CC(=O)N1C. The van der Waals surface area contributed by atoms with E-state index in [1.54, 1.807) is 38.1 Å². The Bertz CT molecular complexity index is 3670. The van der Waals surface area contributed by atoms with Gasteiger partial charge in [-0.05, 0) is 125 Å². The lowest BCUT2D eigenvalue weighted by molar-refractivity contribution is -0.161. The third-order valence-electron chi connectivity index (χ3n) is 22.6. The third kappa shape index (κ3) is 19.9. The van der Waals surface area contributed by atoms with Gasteiger partial charge in [0.25, 0.3) is 0 Å². The maximum Gasteiger partial charge on any atom is 0.422 e. The van der Waals surface area contributed by atoms with Crippen LogP contribution in [0.1, 0.15) is 167 Å². The second kappa shape index (κ2) is 35.9. The molecule has 0 radical (unpaired) electrons. The van der Waals surface area contributed by atoms with Crippen molar-refractivity contribution in [2.75, 3.05) is 82.1 Å². The largest absolute Gasteiger partial charge is 0.422 e. The van der Waals surface area contributed by atoms with E-state index in [0.29, 0.717) is 69.1 Å². The molecule has 10 atom stereocenters. The second-order valence-electron chi connectivity index (χ2n) is 31.6. The van der Waals surface area contributed by atoms with E-state index in [9.17, 15) is 37.1 Å². The zero-order valence-electron chi connectivity index (χ0n) is 65.0. The third-order valence-corrected chi connectivity index (χ3v) is 22.6. The van der Waals surface area contributed by atoms with Crippen LogP contribution in [0, 0.1) is 35.8 Å². The Morgan fingerprint density at radius 2 is 1.33 bits per heavy atom. The highest BCUT2D eigenvalue weighted by Gasteiger charge is 2.59. The average Bonchev–Trinajstić information content (AvgIpc) is 1.29. The van der Waals surface area contributed by atoms with E-state index in [0.717, 1.165) is 20.3 Å². The number of rotatable bonds is 14. The minimum Gasteiger partial charge on any atom is -0.377 e. The molecule has 3 aliphatic carbocycles. The van der Waals surface area contributed by atoms with Crippen LogP contribution >= 0.6 is 0 Å². The van der Waals surface area contributed by atoms with Gasteiger partial charge < -0.3 is 64.8 Å². The minimum atomic E-state index is -5.42. The highest BCUT2D eigenvalue weighted by atomic mass is 19.4. The number of benzene rings is 2. The van der Waals surface area contributed by atoms with E-state index < -0.39 is 210 Å². The van der Waals surface area contributed by atoms with Crippen LogP contribution in [0.3, 0.4) is 0 Å². The molecule has 2 aromatic rings. The average molecular weight is 1520 g/mol. The summed E-state index contributed by atoms with van der Waals surface area (Å²) in [6.45, 7) is 11.2. The normalized spacial score (nSPS) is 27.1. The molecule has 12 amide bonds. The standard InChI is InChI=1S/C78H111F5N12O13/c1-15-23-56-67(99)85-65(47(5)16-2)73(105)94(51-32-33-51)43-63(98)90(12)57-26-19-18-22-35-93(72(57)104)60(38-48-29-27-46(4)28-30-48)71(103)88(10)42-61(96)84-55(34-31-49-36-53(79)64(54(80)37-49)78(81,82)83)69(101)95-41-52(108-17-3)39-58(95)68(100)86-77(44-76(6,7)45-77)75(107)92(14)66(50-24-20-21-25-50)74(106)91(13)59(70(102)87(8)9)40-62(97)89(56)11/h18-19,27-30,36-37,47,50-52,55-60,65-66H,15-17,20-26,31-35,38-45H2,1-14H3,(H,84,96)(H,85,99)(H,86,100)/b19-18-/t47-,52+,55-,56-,57-,58-,59-,60-,65-,66-/m0/s1. The van der Waals surface area contributed by atoms with Crippen LogP contribution in [0.4, 0.5) is 22.0 Å². The molecule has 596 valence electrons. The summed E-state index contributed by atoms with van der Waals surface area (Å²) in [6, 6.07) is -3.32. The molecular weight excluding hydrogens is 1410 g/mol. The van der Waals surface area contributed by atoms with E-state index >= 15 is 42.3 Å². The molecule has 3 saturated carbocycles. The molecule has 2 aromatic carbocycles. The highest BCUT2D eigenvalue weighted by molar-refractivity contribution is 6.01. The predicted octanol–water partition coefficient (Wildman–Crippen LogP) is 5.95. The summed E-state index contributed by atoms with van der Waals surface area (Å²) in [5.41, 5.74) is -3.31. The van der Waals surface area contributed by atoms with Crippen molar-refractivity contribution in [3.8, 4) is 0 Å². The Hall–Kier alpha value is -8.57. The first kappa shape index (κ1) is 85.0. The Balaban J connectivity index is 1.24. The van der Waals surface area contributed by atoms with Crippen LogP contribution in [0.5, 0.6) is 0 Å². The number of nitrogens with one attached hydrogen (secondary N) is 3. The summed E-state index contributed by atoms with van der Waals surface area (Å²) in [5.74, 6) is -13.7. The van der Waals surface area contributed by atoms with Gasteiger partial charge in [0.1, 0.15) is 77.6 Å². The van der Waals surface area contributed by atoms with Crippen LogP contribution in [0.25, 0.3) is 0 Å². The van der Waals surface area contributed by atoms with E-state index in [-0.39, 0.29) is 70.2 Å². The molecule has 2 bridgehead atoms. The topological polar surface area (TPSA) is 279 Å². The van der Waals surface area contributed by atoms with Crippen LogP contribution in [0.2, 0.25) is 0 Å². The number of ether oxygens (including phenoxy) is 1. The first-order chi connectivity index (χ1) is 50.8. The van der Waals surface area contributed by atoms with Gasteiger partial charge in [-0.3, -0.25) is 57.5 Å². The van der Waals surface area contributed by atoms with Crippen LogP contribution in [0.15, 0.2) is 48.6 Å². The van der Waals surface area contributed by atoms with Crippen molar-refractivity contribution in [3.05, 3.63) is 82.4 Å². The van der Waals surface area contributed by atoms with Gasteiger partial charge in [-0.2, -0.15) is 13.2 Å². The number of alkyl halides is 3. The quantitative estimate of drug-likeness (QED) is 0.146. The molecule has 8 rings (SSSR count). The van der Waals surface area contributed by atoms with Gasteiger partial charge in [-0.1, -0.05) is 102 Å². The smallest absolute Gasteiger partial charge is 0.377 e. The molecule has 5 fully saturated rings. The highest BCUT2D eigenvalue weighted by Crippen LogP contribution is 2.50. The number of carbonyl (C=O) groups excluding carboxylic acids is 12. The van der Waals surface area contributed by atoms with Gasteiger partial charge in [-0.25, -0.2) is 8.78 Å². The van der Waals surface area contributed by atoms with E-state index in [1.807, 2.05) is 46.8 Å². The number of fused-ring (bicyclic) bond motifs is 3. The number of halogens is 5. The summed E-state index contributed by atoms with van der Waals surface area (Å²) < 4.78 is 78.3. The summed E-state index contributed by atoms with van der Waals surface area (Å²) >= 11 is 0. The zero-order valence-corrected chi connectivity index (χ0v) is 65.0. The molecule has 3 N–H and O–H groups in total. The molecule has 3 heterocycles. The van der Waals surface area contributed by atoms with Gasteiger partial charge in [0.2, 0.25) is 70.9 Å². The van der Waals surface area contributed by atoms with Crippen molar-refractivity contribution >= 4 is 70.9 Å². The number of hydrogen-bond donors (Lipinski definition) is 3. The number of likely N-dealkylation sites (N-methyl/N-ethyl adjacent to an activating group) is 6. The van der Waals surface area contributed by atoms with Gasteiger partial charge in [0.05, 0.1) is 19.1 Å². The maximum absolute atomic E-state index is 15.8. The Labute approximate surface area is 630 Å². The molecule has 30 heteroatoms. The van der Waals surface area contributed by atoms with Crippen molar-refractivity contribution < 1.29 is 84.2 Å². The van der Waals surface area contributed by atoms with Crippen LogP contribution < -0.4 is 16.0 Å². The molecule has 108 heavy (non-hydrogen) atoms. The molecule has 6 aliphatic rings. The monoisotopic (exact) mass is 1520 g/mol. The van der Waals surface area contributed by atoms with Crippen molar-refractivity contribution in [1.29, 1.82) is 0 Å². The first-order valence-electron chi connectivity index (χ1n) is 38.0. The molecule has 0 unspecified atom stereocenters. The number of amides is 12.